The van der Waals surface area contributed by atoms with Gasteiger partial charge in [-0.1, -0.05) is 11.6 Å². The van der Waals surface area contributed by atoms with Crippen LogP contribution in [-0.4, -0.2) is 11.5 Å². The molecule has 5 heteroatoms. The number of anilines is 1. The lowest BCUT2D eigenvalue weighted by Crippen LogP contribution is -2.03. The maximum absolute atomic E-state index is 10.7. The van der Waals surface area contributed by atoms with E-state index in [1.165, 1.54) is 6.07 Å². The number of rotatable bonds is 4. The van der Waals surface area contributed by atoms with E-state index in [9.17, 15) is 10.1 Å². The zero-order chi connectivity index (χ0) is 12.8. The Kier molecular flexibility index (Phi) is 4.80. The summed E-state index contributed by atoms with van der Waals surface area (Å²) in [4.78, 5) is 10.2. The lowest BCUT2D eigenvalue weighted by Gasteiger charge is -2.08. The molecule has 0 spiro atoms. The fraction of sp³-hybridized carbons (Fsp3) is 0.333. The minimum Gasteiger partial charge on any atom is -0.384 e. The van der Waals surface area contributed by atoms with Crippen LogP contribution in [0.5, 0.6) is 0 Å². The van der Waals surface area contributed by atoms with Crippen LogP contribution in [0.3, 0.4) is 0 Å². The molecule has 0 heterocycles. The molecule has 1 aromatic carbocycles. The molecule has 0 radical (unpaired) electrons. The largest absolute Gasteiger partial charge is 0.384 e. The molecule has 0 unspecified atom stereocenters. The molecule has 0 saturated carbocycles. The Hall–Kier alpha value is -1.73. The first-order chi connectivity index (χ1) is 8.06. The lowest BCUT2D eigenvalue weighted by atomic mass is 10.1. The maximum atomic E-state index is 10.7. The highest BCUT2D eigenvalue weighted by molar-refractivity contribution is 6.33. The molecule has 0 aliphatic rings. The molecule has 0 fully saturated rings. The van der Waals surface area contributed by atoms with Crippen LogP contribution in [0.1, 0.15) is 18.9 Å². The Balaban J connectivity index is 2.83. The van der Waals surface area contributed by atoms with Crippen LogP contribution in [0.15, 0.2) is 12.1 Å². The summed E-state index contributed by atoms with van der Waals surface area (Å²) in [6.45, 7) is 4.28. The first kappa shape index (κ1) is 13.3. The summed E-state index contributed by atoms with van der Waals surface area (Å²) in [5.74, 6) is 5.73. The monoisotopic (exact) mass is 252 g/mol. The summed E-state index contributed by atoms with van der Waals surface area (Å²) in [7, 11) is 0. The van der Waals surface area contributed by atoms with Gasteiger partial charge in [0, 0.05) is 24.7 Å². The average Bonchev–Trinajstić information content (AvgIpc) is 2.28. The van der Waals surface area contributed by atoms with E-state index in [2.05, 4.69) is 17.2 Å². The topological polar surface area (TPSA) is 55.2 Å². The standard InChI is InChI=1S/C12H13ClN2O2/c1-3-4-5-6-14-11-8-10(13)12(15(16)17)7-9(11)2/h7-8,14H,5-6H2,1-2H3. The highest BCUT2D eigenvalue weighted by Gasteiger charge is 2.14. The van der Waals surface area contributed by atoms with Gasteiger partial charge in [0.05, 0.1) is 4.92 Å². The first-order valence-corrected chi connectivity index (χ1v) is 5.52. The average molecular weight is 253 g/mol. The van der Waals surface area contributed by atoms with Crippen LogP contribution in [0.4, 0.5) is 11.4 Å². The van der Waals surface area contributed by atoms with E-state index < -0.39 is 4.92 Å². The third kappa shape index (κ3) is 3.65. The van der Waals surface area contributed by atoms with Crippen molar-refractivity contribution in [3.8, 4) is 11.8 Å². The van der Waals surface area contributed by atoms with Crippen LogP contribution < -0.4 is 5.32 Å². The Labute approximate surface area is 105 Å². The van der Waals surface area contributed by atoms with Crippen molar-refractivity contribution >= 4 is 23.0 Å². The quantitative estimate of drug-likeness (QED) is 0.387. The number of nitrogens with one attached hydrogen (secondary N) is 1. The molecule has 0 aliphatic heterocycles. The van der Waals surface area contributed by atoms with Crippen LogP contribution in [0.2, 0.25) is 5.02 Å². The van der Waals surface area contributed by atoms with Gasteiger partial charge in [-0.25, -0.2) is 0 Å². The van der Waals surface area contributed by atoms with Crippen molar-refractivity contribution in [2.24, 2.45) is 0 Å². The predicted octanol–water partition coefficient (Wildman–Crippen LogP) is 3.38. The van der Waals surface area contributed by atoms with Gasteiger partial charge in [0.2, 0.25) is 0 Å². The number of aryl methyl sites for hydroxylation is 1. The van der Waals surface area contributed by atoms with Gasteiger partial charge in [0.15, 0.2) is 0 Å². The zero-order valence-electron chi connectivity index (χ0n) is 9.71. The normalized spacial score (nSPS) is 9.35. The highest BCUT2D eigenvalue weighted by atomic mass is 35.5. The molecule has 1 N–H and O–H groups in total. The molecule has 0 saturated heterocycles. The summed E-state index contributed by atoms with van der Waals surface area (Å²) in [6.07, 6.45) is 0.727. The van der Waals surface area contributed by atoms with E-state index in [1.807, 2.05) is 0 Å². The van der Waals surface area contributed by atoms with Crippen LogP contribution in [-0.2, 0) is 0 Å². The molecule has 0 aromatic heterocycles. The Bertz CT molecular complexity index is 489. The van der Waals surface area contributed by atoms with Gasteiger partial charge in [-0.05, 0) is 25.5 Å². The van der Waals surface area contributed by atoms with E-state index in [0.29, 0.717) is 6.54 Å². The number of nitro groups is 1. The molecule has 0 bridgehead atoms. The Morgan fingerprint density at radius 3 is 2.82 bits per heavy atom. The molecular weight excluding hydrogens is 240 g/mol. The van der Waals surface area contributed by atoms with Crippen molar-refractivity contribution in [2.75, 3.05) is 11.9 Å². The zero-order valence-corrected chi connectivity index (χ0v) is 10.5. The molecule has 1 aromatic rings. The second-order valence-electron chi connectivity index (χ2n) is 3.48. The first-order valence-electron chi connectivity index (χ1n) is 5.14. The van der Waals surface area contributed by atoms with Gasteiger partial charge in [0.25, 0.3) is 5.69 Å². The van der Waals surface area contributed by atoms with E-state index in [-0.39, 0.29) is 10.7 Å². The van der Waals surface area contributed by atoms with Crippen LogP contribution in [0.25, 0.3) is 0 Å². The van der Waals surface area contributed by atoms with Crippen molar-refractivity contribution < 1.29 is 4.92 Å². The number of benzene rings is 1. The van der Waals surface area contributed by atoms with E-state index in [1.54, 1.807) is 19.9 Å². The number of nitro benzene ring substituents is 1. The SMILES string of the molecule is CC#CCCNc1cc(Cl)c([N+](=O)[O-])cc1C. The molecule has 0 aliphatic carbocycles. The van der Waals surface area contributed by atoms with Gasteiger partial charge in [-0.2, -0.15) is 0 Å². The van der Waals surface area contributed by atoms with Crippen molar-refractivity contribution in [1.29, 1.82) is 0 Å². The fourth-order valence-electron chi connectivity index (χ4n) is 1.38. The van der Waals surface area contributed by atoms with Gasteiger partial charge in [-0.3, -0.25) is 10.1 Å². The van der Waals surface area contributed by atoms with Crippen molar-refractivity contribution in [2.45, 2.75) is 20.3 Å². The minimum absolute atomic E-state index is 0.0666. The summed E-state index contributed by atoms with van der Waals surface area (Å²) < 4.78 is 0. The Morgan fingerprint density at radius 1 is 1.53 bits per heavy atom. The van der Waals surface area contributed by atoms with Gasteiger partial charge in [-0.15, -0.1) is 11.8 Å². The molecule has 0 atom stereocenters. The van der Waals surface area contributed by atoms with Crippen molar-refractivity contribution in [3.63, 3.8) is 0 Å². The number of halogens is 1. The van der Waals surface area contributed by atoms with E-state index >= 15 is 0 Å². The predicted molar refractivity (Wildman–Crippen MR) is 69.4 cm³/mol. The van der Waals surface area contributed by atoms with Gasteiger partial charge >= 0.3 is 0 Å². The molecular formula is C12H13ClN2O2. The lowest BCUT2D eigenvalue weighted by molar-refractivity contribution is -0.384. The Morgan fingerprint density at radius 2 is 2.24 bits per heavy atom. The summed E-state index contributed by atoms with van der Waals surface area (Å²) >= 11 is 5.83. The number of hydrogen-bond donors (Lipinski definition) is 1. The molecule has 0 amide bonds. The van der Waals surface area contributed by atoms with E-state index in [0.717, 1.165) is 17.7 Å². The molecule has 4 nitrogen and oxygen atoms in total. The van der Waals surface area contributed by atoms with Crippen LogP contribution >= 0.6 is 11.6 Å². The smallest absolute Gasteiger partial charge is 0.288 e. The van der Waals surface area contributed by atoms with Crippen LogP contribution in [0, 0.1) is 28.9 Å². The number of hydrogen-bond acceptors (Lipinski definition) is 3. The molecule has 17 heavy (non-hydrogen) atoms. The third-order valence-electron chi connectivity index (χ3n) is 2.23. The second-order valence-corrected chi connectivity index (χ2v) is 3.89. The highest BCUT2D eigenvalue weighted by Crippen LogP contribution is 2.30. The summed E-state index contributed by atoms with van der Waals surface area (Å²) in [6, 6.07) is 3.05. The molecule has 90 valence electrons. The fourth-order valence-corrected chi connectivity index (χ4v) is 1.61. The van der Waals surface area contributed by atoms with Gasteiger partial charge in [0.1, 0.15) is 5.02 Å². The van der Waals surface area contributed by atoms with Gasteiger partial charge < -0.3 is 5.32 Å². The van der Waals surface area contributed by atoms with E-state index in [4.69, 9.17) is 11.6 Å². The van der Waals surface area contributed by atoms with Crippen molar-refractivity contribution in [1.82, 2.24) is 0 Å². The summed E-state index contributed by atoms with van der Waals surface area (Å²) in [5, 5.41) is 14.0. The minimum atomic E-state index is -0.484. The molecule has 1 rings (SSSR count). The second kappa shape index (κ2) is 6.12. The number of nitrogens with zero attached hydrogens (tertiary/aromatic N) is 1. The summed E-state index contributed by atoms with van der Waals surface area (Å²) in [5.41, 5.74) is 1.53. The maximum Gasteiger partial charge on any atom is 0.288 e. The third-order valence-corrected chi connectivity index (χ3v) is 2.54. The van der Waals surface area contributed by atoms with Crippen molar-refractivity contribution in [3.05, 3.63) is 32.8 Å².